The number of nitrogens with zero attached hydrogens (tertiary/aromatic N) is 4. The molecule has 1 unspecified atom stereocenters. The van der Waals surface area contributed by atoms with E-state index in [4.69, 9.17) is 0 Å². The summed E-state index contributed by atoms with van der Waals surface area (Å²) in [6.07, 6.45) is 7.68. The Hall–Kier alpha value is -1.43. The molecule has 1 aromatic heterocycles. The Morgan fingerprint density at radius 1 is 1.24 bits per heavy atom. The number of aryl methyl sites for hydroxylation is 1. The third-order valence-electron chi connectivity index (χ3n) is 4.91. The quantitative estimate of drug-likeness (QED) is 0.861. The molecule has 1 N–H and O–H groups in total. The fourth-order valence-electron chi connectivity index (χ4n) is 3.66. The number of fused-ring (bicyclic) bond motifs is 1. The van der Waals surface area contributed by atoms with Crippen molar-refractivity contribution < 1.29 is 9.90 Å². The van der Waals surface area contributed by atoms with Crippen LogP contribution in [0.25, 0.3) is 0 Å². The molecule has 1 aromatic rings. The zero-order valence-electron chi connectivity index (χ0n) is 12.7. The number of rotatable bonds is 3. The molecule has 1 saturated carbocycles. The van der Waals surface area contributed by atoms with Gasteiger partial charge < -0.3 is 9.67 Å². The average Bonchev–Trinajstić information content (AvgIpc) is 2.65. The van der Waals surface area contributed by atoms with Crippen LogP contribution in [0.5, 0.6) is 0 Å². The predicted octanol–water partition coefficient (Wildman–Crippen LogP) is 1.83. The van der Waals surface area contributed by atoms with Crippen molar-refractivity contribution in [1.29, 1.82) is 0 Å². The van der Waals surface area contributed by atoms with Crippen LogP contribution in [0, 0.1) is 12.8 Å². The van der Waals surface area contributed by atoms with Crippen LogP contribution in [0.4, 0.5) is 0 Å². The fourth-order valence-corrected chi connectivity index (χ4v) is 3.66. The van der Waals surface area contributed by atoms with E-state index in [0.717, 1.165) is 18.2 Å². The van der Waals surface area contributed by atoms with Crippen molar-refractivity contribution in [2.24, 2.45) is 5.92 Å². The van der Waals surface area contributed by atoms with E-state index in [9.17, 15) is 9.90 Å². The maximum atomic E-state index is 11.6. The summed E-state index contributed by atoms with van der Waals surface area (Å²) in [6, 6.07) is -0.449. The lowest BCUT2D eigenvalue weighted by Gasteiger charge is -2.35. The van der Waals surface area contributed by atoms with Crippen LogP contribution in [-0.4, -0.2) is 43.3 Å². The van der Waals surface area contributed by atoms with Crippen LogP contribution in [0.15, 0.2) is 0 Å². The van der Waals surface area contributed by atoms with Gasteiger partial charge in [-0.1, -0.05) is 25.7 Å². The summed E-state index contributed by atoms with van der Waals surface area (Å²) in [5, 5.41) is 17.8. The van der Waals surface area contributed by atoms with E-state index in [1.807, 2.05) is 11.5 Å². The molecule has 0 spiro atoms. The van der Waals surface area contributed by atoms with E-state index in [0.29, 0.717) is 19.0 Å². The van der Waals surface area contributed by atoms with Crippen LogP contribution in [0.3, 0.4) is 0 Å². The SMILES string of the molecule is Cc1nnc2n1CC(C(=O)O)N(CC1CCCCCC1)C2. The molecule has 0 bridgehead atoms. The minimum absolute atomic E-state index is 0.449. The standard InChI is InChI=1S/C15H24N4O2/c1-11-16-17-14-10-18(13(15(20)21)9-19(11)14)8-12-6-4-2-3-5-7-12/h12-13H,2-10H2,1H3,(H,20,21). The highest BCUT2D eigenvalue weighted by atomic mass is 16.4. The molecule has 1 aliphatic heterocycles. The van der Waals surface area contributed by atoms with Gasteiger partial charge >= 0.3 is 5.97 Å². The van der Waals surface area contributed by atoms with Crippen LogP contribution in [0.1, 0.15) is 50.2 Å². The van der Waals surface area contributed by atoms with E-state index in [1.54, 1.807) is 0 Å². The van der Waals surface area contributed by atoms with E-state index in [1.165, 1.54) is 38.5 Å². The topological polar surface area (TPSA) is 71.2 Å². The molecule has 0 saturated heterocycles. The summed E-state index contributed by atoms with van der Waals surface area (Å²) in [5.41, 5.74) is 0. The second kappa shape index (κ2) is 6.13. The molecule has 6 heteroatoms. The Labute approximate surface area is 125 Å². The van der Waals surface area contributed by atoms with E-state index in [-0.39, 0.29) is 0 Å². The Kier molecular flexibility index (Phi) is 4.24. The second-order valence-corrected chi connectivity index (χ2v) is 6.42. The van der Waals surface area contributed by atoms with Crippen LogP contribution in [-0.2, 0) is 17.9 Å². The van der Waals surface area contributed by atoms with Gasteiger partial charge in [0.25, 0.3) is 0 Å². The van der Waals surface area contributed by atoms with Crippen molar-refractivity contribution in [3.8, 4) is 0 Å². The lowest BCUT2D eigenvalue weighted by molar-refractivity contribution is -0.145. The maximum Gasteiger partial charge on any atom is 0.322 e. The highest BCUT2D eigenvalue weighted by Gasteiger charge is 2.34. The normalized spacial score (nSPS) is 24.5. The van der Waals surface area contributed by atoms with Crippen molar-refractivity contribution in [1.82, 2.24) is 19.7 Å². The van der Waals surface area contributed by atoms with Gasteiger partial charge in [0, 0.05) is 6.54 Å². The molecule has 0 amide bonds. The third kappa shape index (κ3) is 3.10. The van der Waals surface area contributed by atoms with E-state index >= 15 is 0 Å². The summed E-state index contributed by atoms with van der Waals surface area (Å²) in [4.78, 5) is 13.7. The molecule has 2 aliphatic rings. The van der Waals surface area contributed by atoms with Gasteiger partial charge in [0.15, 0.2) is 0 Å². The minimum atomic E-state index is -0.734. The number of aliphatic carboxylic acids is 1. The Bertz CT molecular complexity index is 506. The molecule has 1 atom stereocenters. The third-order valence-corrected chi connectivity index (χ3v) is 4.91. The first-order valence-electron chi connectivity index (χ1n) is 8.00. The monoisotopic (exact) mass is 292 g/mol. The molecular weight excluding hydrogens is 268 g/mol. The Morgan fingerprint density at radius 3 is 2.62 bits per heavy atom. The average molecular weight is 292 g/mol. The van der Waals surface area contributed by atoms with E-state index in [2.05, 4.69) is 15.1 Å². The molecule has 21 heavy (non-hydrogen) atoms. The molecule has 116 valence electrons. The van der Waals surface area contributed by atoms with Gasteiger partial charge in [-0.3, -0.25) is 9.69 Å². The lowest BCUT2D eigenvalue weighted by Crippen LogP contribution is -2.49. The molecule has 1 aliphatic carbocycles. The molecular formula is C15H24N4O2. The van der Waals surface area contributed by atoms with Crippen molar-refractivity contribution in [3.63, 3.8) is 0 Å². The summed E-state index contributed by atoms with van der Waals surface area (Å²) in [6.45, 7) is 3.84. The van der Waals surface area contributed by atoms with Crippen LogP contribution in [0.2, 0.25) is 0 Å². The molecule has 1 fully saturated rings. The Morgan fingerprint density at radius 2 is 1.95 bits per heavy atom. The molecule has 3 rings (SSSR count). The lowest BCUT2D eigenvalue weighted by atomic mass is 9.98. The summed E-state index contributed by atoms with van der Waals surface area (Å²) >= 11 is 0. The van der Waals surface area contributed by atoms with E-state index < -0.39 is 12.0 Å². The highest BCUT2D eigenvalue weighted by Crippen LogP contribution is 2.26. The first kappa shape index (κ1) is 14.5. The first-order chi connectivity index (χ1) is 10.1. The van der Waals surface area contributed by atoms with Crippen molar-refractivity contribution in [2.75, 3.05) is 6.54 Å². The highest BCUT2D eigenvalue weighted by molar-refractivity contribution is 5.73. The number of hydrogen-bond donors (Lipinski definition) is 1. The maximum absolute atomic E-state index is 11.6. The zero-order valence-corrected chi connectivity index (χ0v) is 12.7. The number of carbonyl (C=O) groups is 1. The fraction of sp³-hybridized carbons (Fsp3) is 0.800. The van der Waals surface area contributed by atoms with Gasteiger partial charge in [0.1, 0.15) is 17.7 Å². The first-order valence-corrected chi connectivity index (χ1v) is 8.00. The zero-order chi connectivity index (χ0) is 14.8. The summed E-state index contributed by atoms with van der Waals surface area (Å²) in [7, 11) is 0. The molecule has 0 aromatic carbocycles. The largest absolute Gasteiger partial charge is 0.480 e. The predicted molar refractivity (Wildman–Crippen MR) is 77.8 cm³/mol. The molecule has 0 radical (unpaired) electrons. The van der Waals surface area contributed by atoms with Gasteiger partial charge in [-0.05, 0) is 25.7 Å². The van der Waals surface area contributed by atoms with Crippen LogP contribution >= 0.6 is 0 Å². The van der Waals surface area contributed by atoms with Gasteiger partial charge in [0.2, 0.25) is 0 Å². The van der Waals surface area contributed by atoms with Gasteiger partial charge in [-0.25, -0.2) is 0 Å². The number of carboxylic acid groups (broad SMARTS) is 1. The van der Waals surface area contributed by atoms with Gasteiger partial charge in [0.05, 0.1) is 13.1 Å². The number of carboxylic acids is 1. The van der Waals surface area contributed by atoms with Crippen molar-refractivity contribution >= 4 is 5.97 Å². The summed E-state index contributed by atoms with van der Waals surface area (Å²) < 4.78 is 1.95. The molecule has 6 nitrogen and oxygen atoms in total. The summed E-state index contributed by atoms with van der Waals surface area (Å²) in [5.74, 6) is 1.61. The number of hydrogen-bond acceptors (Lipinski definition) is 4. The Balaban J connectivity index is 1.74. The van der Waals surface area contributed by atoms with Crippen LogP contribution < -0.4 is 0 Å². The van der Waals surface area contributed by atoms with Gasteiger partial charge in [-0.2, -0.15) is 0 Å². The number of aromatic nitrogens is 3. The van der Waals surface area contributed by atoms with Crippen molar-refractivity contribution in [3.05, 3.63) is 11.6 Å². The molecule has 2 heterocycles. The second-order valence-electron chi connectivity index (χ2n) is 6.42. The smallest absolute Gasteiger partial charge is 0.322 e. The minimum Gasteiger partial charge on any atom is -0.480 e. The van der Waals surface area contributed by atoms with Crippen molar-refractivity contribution in [2.45, 2.75) is 64.6 Å². The van der Waals surface area contributed by atoms with Gasteiger partial charge in [-0.15, -0.1) is 10.2 Å².